The number of aliphatic hydroxyl groups is 1. The van der Waals surface area contributed by atoms with Crippen molar-refractivity contribution in [1.82, 2.24) is 9.80 Å². The lowest BCUT2D eigenvalue weighted by Gasteiger charge is -2.41. The number of carbonyl (C=O) groups excluding carboxylic acids is 3. The number of carbonyl (C=O) groups is 3. The molecule has 33 heavy (non-hydrogen) atoms. The van der Waals surface area contributed by atoms with E-state index in [-0.39, 0.29) is 37.0 Å². The van der Waals surface area contributed by atoms with Crippen LogP contribution in [0.2, 0.25) is 0 Å². The third kappa shape index (κ3) is 4.09. The molecule has 8 nitrogen and oxygen atoms in total. The maximum Gasteiger partial charge on any atom is 0.312 e. The Labute approximate surface area is 197 Å². The minimum Gasteiger partial charge on any atom is -0.466 e. The first-order chi connectivity index (χ1) is 15.7. The summed E-state index contributed by atoms with van der Waals surface area (Å²) in [7, 11) is 0. The number of likely N-dealkylation sites (tertiary alicyclic amines) is 1. The van der Waals surface area contributed by atoms with Crippen LogP contribution in [0.25, 0.3) is 0 Å². The van der Waals surface area contributed by atoms with Crippen LogP contribution in [0.15, 0.2) is 12.7 Å². The van der Waals surface area contributed by atoms with Crippen LogP contribution < -0.4 is 0 Å². The normalized spacial score (nSPS) is 32.1. The van der Waals surface area contributed by atoms with Gasteiger partial charge in [0.25, 0.3) is 0 Å². The Kier molecular flexibility index (Phi) is 7.89. The largest absolute Gasteiger partial charge is 0.466 e. The van der Waals surface area contributed by atoms with E-state index in [2.05, 4.69) is 13.5 Å². The van der Waals surface area contributed by atoms with Crippen molar-refractivity contribution < 1.29 is 29.0 Å². The monoisotopic (exact) mass is 464 g/mol. The Morgan fingerprint density at radius 2 is 2.06 bits per heavy atom. The molecule has 3 aliphatic rings. The van der Waals surface area contributed by atoms with Crippen LogP contribution >= 0.6 is 0 Å². The highest BCUT2D eigenvalue weighted by Gasteiger charge is 2.75. The Bertz CT molecular complexity index is 770. The summed E-state index contributed by atoms with van der Waals surface area (Å²) in [6, 6.07) is -1.48. The fraction of sp³-hybridized carbons (Fsp3) is 0.800. The molecule has 3 unspecified atom stereocenters. The van der Waals surface area contributed by atoms with Crippen LogP contribution in [0.4, 0.5) is 0 Å². The van der Waals surface area contributed by atoms with Crippen molar-refractivity contribution in [2.45, 2.75) is 90.1 Å². The molecule has 3 fully saturated rings. The number of aliphatic hydroxyl groups excluding tert-OH is 1. The third-order valence-electron chi connectivity index (χ3n) is 7.69. The standard InChI is InChI=1S/C25H40N2O6/c1-7-10-16(6)26(13-8-2)23(30)21-25-12-11-18(33-25)19(24(31)32-9-3)20(25)22(29)27(21)17(14-28)15(4)5/h8,15-21,28H,2,7,9-14H2,1,3-6H3/t16?,17-,18-,19+,20-,21?,25?/m0/s1. The van der Waals surface area contributed by atoms with E-state index in [1.54, 1.807) is 22.8 Å². The molecule has 1 spiro atoms. The molecule has 3 aliphatic heterocycles. The summed E-state index contributed by atoms with van der Waals surface area (Å²) < 4.78 is 11.7. The lowest BCUT2D eigenvalue weighted by molar-refractivity contribution is -0.157. The SMILES string of the molecule is C=CCN(C(=O)C1N([C@@H](CO)C(C)C)C(=O)[C@@H]2[C@H](C(=O)OCC)[C@@H]3CCC12O3)C(C)CCC. The first-order valence-electron chi connectivity index (χ1n) is 12.4. The van der Waals surface area contributed by atoms with E-state index in [0.717, 1.165) is 12.8 Å². The van der Waals surface area contributed by atoms with Gasteiger partial charge in [-0.2, -0.15) is 0 Å². The molecule has 7 atom stereocenters. The average molecular weight is 465 g/mol. The smallest absolute Gasteiger partial charge is 0.312 e. The number of esters is 1. The molecular formula is C25H40N2O6. The first-order valence-corrected chi connectivity index (χ1v) is 12.4. The van der Waals surface area contributed by atoms with Crippen LogP contribution in [0.3, 0.4) is 0 Å². The number of fused-ring (bicyclic) bond motifs is 1. The summed E-state index contributed by atoms with van der Waals surface area (Å²) in [5.74, 6) is -2.51. The second kappa shape index (κ2) is 10.1. The van der Waals surface area contributed by atoms with Crippen LogP contribution in [-0.4, -0.2) is 82.3 Å². The van der Waals surface area contributed by atoms with Crippen molar-refractivity contribution in [2.24, 2.45) is 17.8 Å². The van der Waals surface area contributed by atoms with Gasteiger partial charge in [-0.25, -0.2) is 0 Å². The zero-order valence-electron chi connectivity index (χ0n) is 20.7. The highest BCUT2D eigenvalue weighted by Crippen LogP contribution is 2.59. The molecule has 0 saturated carbocycles. The third-order valence-corrected chi connectivity index (χ3v) is 7.69. The van der Waals surface area contributed by atoms with Crippen LogP contribution in [0, 0.1) is 17.8 Å². The van der Waals surface area contributed by atoms with E-state index in [9.17, 15) is 19.5 Å². The zero-order valence-corrected chi connectivity index (χ0v) is 20.7. The van der Waals surface area contributed by atoms with Crippen LogP contribution in [-0.2, 0) is 23.9 Å². The van der Waals surface area contributed by atoms with Crippen molar-refractivity contribution in [1.29, 1.82) is 0 Å². The number of ether oxygens (including phenoxy) is 2. The highest BCUT2D eigenvalue weighted by atomic mass is 16.6. The summed E-state index contributed by atoms with van der Waals surface area (Å²) in [6.07, 6.45) is 4.13. The molecule has 8 heteroatoms. The van der Waals surface area contributed by atoms with Crippen molar-refractivity contribution in [2.75, 3.05) is 19.8 Å². The van der Waals surface area contributed by atoms with Gasteiger partial charge in [-0.15, -0.1) is 6.58 Å². The Balaban J connectivity index is 2.10. The summed E-state index contributed by atoms with van der Waals surface area (Å²) in [5, 5.41) is 10.2. The van der Waals surface area contributed by atoms with Crippen molar-refractivity contribution in [3.63, 3.8) is 0 Å². The van der Waals surface area contributed by atoms with E-state index in [0.29, 0.717) is 19.4 Å². The fourth-order valence-electron chi connectivity index (χ4n) is 6.21. The number of hydrogen-bond acceptors (Lipinski definition) is 6. The van der Waals surface area contributed by atoms with Crippen molar-refractivity contribution in [3.8, 4) is 0 Å². The molecular weight excluding hydrogens is 424 g/mol. The summed E-state index contributed by atoms with van der Waals surface area (Å²) in [4.78, 5) is 44.3. The van der Waals surface area contributed by atoms with Gasteiger partial charge in [0.1, 0.15) is 11.6 Å². The lowest BCUT2D eigenvalue weighted by atomic mass is 9.70. The van der Waals surface area contributed by atoms with Gasteiger partial charge in [0.15, 0.2) is 0 Å². The topological polar surface area (TPSA) is 96.4 Å². The predicted molar refractivity (Wildman–Crippen MR) is 123 cm³/mol. The molecule has 3 rings (SSSR count). The second-order valence-electron chi connectivity index (χ2n) is 9.96. The molecule has 0 aromatic rings. The minimum atomic E-state index is -1.08. The van der Waals surface area contributed by atoms with Crippen molar-refractivity contribution in [3.05, 3.63) is 12.7 Å². The average Bonchev–Trinajstić information content (AvgIpc) is 3.40. The Morgan fingerprint density at radius 1 is 1.36 bits per heavy atom. The van der Waals surface area contributed by atoms with Gasteiger partial charge in [0.2, 0.25) is 11.8 Å². The quantitative estimate of drug-likeness (QED) is 0.372. The fourth-order valence-corrected chi connectivity index (χ4v) is 6.21. The maximum absolute atomic E-state index is 14.2. The first kappa shape index (κ1) is 25.7. The number of amides is 2. The minimum absolute atomic E-state index is 0.0426. The molecule has 0 aliphatic carbocycles. The number of rotatable bonds is 11. The van der Waals surface area contributed by atoms with Crippen LogP contribution in [0.5, 0.6) is 0 Å². The molecule has 2 amide bonds. The second-order valence-corrected chi connectivity index (χ2v) is 9.96. The number of nitrogens with zero attached hydrogens (tertiary/aromatic N) is 2. The maximum atomic E-state index is 14.2. The van der Waals surface area contributed by atoms with E-state index >= 15 is 0 Å². The van der Waals surface area contributed by atoms with Crippen molar-refractivity contribution >= 4 is 17.8 Å². The van der Waals surface area contributed by atoms with Gasteiger partial charge >= 0.3 is 5.97 Å². The predicted octanol–water partition coefficient (Wildman–Crippen LogP) is 2.14. The molecule has 2 bridgehead atoms. The molecule has 0 aromatic heterocycles. The zero-order chi connectivity index (χ0) is 24.5. The van der Waals surface area contributed by atoms with E-state index in [4.69, 9.17) is 9.47 Å². The van der Waals surface area contributed by atoms with Gasteiger partial charge in [-0.1, -0.05) is 33.3 Å². The summed E-state index contributed by atoms with van der Waals surface area (Å²) in [5.41, 5.74) is -1.08. The summed E-state index contributed by atoms with van der Waals surface area (Å²) >= 11 is 0. The lowest BCUT2D eigenvalue weighted by Crippen LogP contribution is -2.60. The van der Waals surface area contributed by atoms with Crippen LogP contribution in [0.1, 0.15) is 60.3 Å². The van der Waals surface area contributed by atoms with Gasteiger partial charge < -0.3 is 24.4 Å². The Hall–Kier alpha value is -1.93. The number of hydrogen-bond donors (Lipinski definition) is 1. The molecule has 1 N–H and O–H groups in total. The Morgan fingerprint density at radius 3 is 2.61 bits per heavy atom. The van der Waals surface area contributed by atoms with E-state index in [1.807, 2.05) is 20.8 Å². The van der Waals surface area contributed by atoms with Gasteiger partial charge in [-0.3, -0.25) is 14.4 Å². The molecule has 186 valence electrons. The van der Waals surface area contributed by atoms with Gasteiger partial charge in [0, 0.05) is 12.6 Å². The molecule has 3 heterocycles. The van der Waals surface area contributed by atoms with Gasteiger partial charge in [0.05, 0.1) is 37.2 Å². The molecule has 0 aromatic carbocycles. The molecule has 3 saturated heterocycles. The van der Waals surface area contributed by atoms with Gasteiger partial charge in [-0.05, 0) is 39.0 Å². The summed E-state index contributed by atoms with van der Waals surface area (Å²) in [6.45, 7) is 13.8. The highest BCUT2D eigenvalue weighted by molar-refractivity contribution is 5.98. The van der Waals surface area contributed by atoms with E-state index < -0.39 is 41.6 Å². The molecule has 0 radical (unpaired) electrons. The van der Waals surface area contributed by atoms with E-state index in [1.165, 1.54) is 0 Å².